The zero-order chi connectivity index (χ0) is 13.5. The highest BCUT2D eigenvalue weighted by atomic mass is 32.1. The Bertz CT molecular complexity index is 470. The molecular formula is C12H18N2O3S. The molecule has 1 aromatic rings. The van der Waals surface area contributed by atoms with E-state index in [4.69, 9.17) is 9.84 Å². The average molecular weight is 270 g/mol. The topological polar surface area (TPSA) is 71.5 Å². The number of nitrogens with one attached hydrogen (secondary N) is 1. The monoisotopic (exact) mass is 270 g/mol. The number of aromatic carboxylic acids is 1. The molecule has 0 spiro atoms. The van der Waals surface area contributed by atoms with Crippen molar-refractivity contribution in [3.63, 3.8) is 0 Å². The lowest BCUT2D eigenvalue weighted by molar-refractivity contribution is -0.0794. The number of carboxylic acid groups (broad SMARTS) is 1. The van der Waals surface area contributed by atoms with Crippen LogP contribution >= 0.6 is 11.3 Å². The standard InChI is InChI=1S/C12H18N2O3S/c1-6-9(10(15)16)14-11(18-6)13-7-5-8(17-4)12(7,2)3/h7-8H,5H2,1-4H3,(H,13,14)(H,15,16). The van der Waals surface area contributed by atoms with E-state index < -0.39 is 5.97 Å². The molecule has 0 aliphatic heterocycles. The number of carboxylic acids is 1. The van der Waals surface area contributed by atoms with Crippen LogP contribution in [0, 0.1) is 12.3 Å². The maximum Gasteiger partial charge on any atom is 0.355 e. The van der Waals surface area contributed by atoms with Crippen LogP contribution in [0.5, 0.6) is 0 Å². The fourth-order valence-electron chi connectivity index (χ4n) is 2.34. The SMILES string of the molecule is COC1CC(Nc2nc(C(=O)O)c(C)s2)C1(C)C. The van der Waals surface area contributed by atoms with E-state index in [1.165, 1.54) is 11.3 Å². The third-order valence-electron chi connectivity index (χ3n) is 3.76. The lowest BCUT2D eigenvalue weighted by atomic mass is 9.64. The third kappa shape index (κ3) is 2.10. The van der Waals surface area contributed by atoms with Crippen LogP contribution in [0.1, 0.15) is 35.6 Å². The number of carbonyl (C=O) groups is 1. The molecule has 0 bridgehead atoms. The first kappa shape index (κ1) is 13.3. The number of anilines is 1. The van der Waals surface area contributed by atoms with Gasteiger partial charge in [0, 0.05) is 23.4 Å². The van der Waals surface area contributed by atoms with Crippen molar-refractivity contribution in [2.45, 2.75) is 39.3 Å². The molecule has 0 amide bonds. The van der Waals surface area contributed by atoms with Gasteiger partial charge in [-0.3, -0.25) is 0 Å². The molecule has 2 unspecified atom stereocenters. The van der Waals surface area contributed by atoms with Gasteiger partial charge in [0.2, 0.25) is 0 Å². The molecule has 18 heavy (non-hydrogen) atoms. The smallest absolute Gasteiger partial charge is 0.355 e. The van der Waals surface area contributed by atoms with Crippen LogP contribution < -0.4 is 5.32 Å². The second-order valence-electron chi connectivity index (χ2n) is 5.21. The lowest BCUT2D eigenvalue weighted by Gasteiger charge is -2.51. The van der Waals surface area contributed by atoms with Gasteiger partial charge in [-0.2, -0.15) is 0 Å². The zero-order valence-corrected chi connectivity index (χ0v) is 11.8. The summed E-state index contributed by atoms with van der Waals surface area (Å²) in [5.74, 6) is -0.973. The van der Waals surface area contributed by atoms with Crippen molar-refractivity contribution in [1.29, 1.82) is 0 Å². The van der Waals surface area contributed by atoms with Crippen molar-refractivity contribution in [2.24, 2.45) is 5.41 Å². The van der Waals surface area contributed by atoms with Gasteiger partial charge in [-0.25, -0.2) is 9.78 Å². The quantitative estimate of drug-likeness (QED) is 0.879. The Morgan fingerprint density at radius 2 is 2.28 bits per heavy atom. The summed E-state index contributed by atoms with van der Waals surface area (Å²) >= 11 is 1.39. The van der Waals surface area contributed by atoms with Crippen LogP contribution in [0.25, 0.3) is 0 Å². The van der Waals surface area contributed by atoms with Gasteiger partial charge in [0.05, 0.1) is 6.10 Å². The molecule has 0 saturated heterocycles. The van der Waals surface area contributed by atoms with E-state index >= 15 is 0 Å². The number of rotatable bonds is 4. The molecule has 1 aromatic heterocycles. The Balaban J connectivity index is 2.08. The van der Waals surface area contributed by atoms with Crippen molar-refractivity contribution < 1.29 is 14.6 Å². The van der Waals surface area contributed by atoms with E-state index in [2.05, 4.69) is 24.1 Å². The fourth-order valence-corrected chi connectivity index (χ4v) is 3.19. The molecule has 5 nitrogen and oxygen atoms in total. The Labute approximate surface area is 110 Å². The van der Waals surface area contributed by atoms with Crippen LogP contribution in [0.4, 0.5) is 5.13 Å². The van der Waals surface area contributed by atoms with E-state index in [0.717, 1.165) is 11.3 Å². The molecule has 0 aromatic carbocycles. The summed E-state index contributed by atoms with van der Waals surface area (Å²) in [4.78, 5) is 15.8. The molecule has 6 heteroatoms. The molecule has 1 saturated carbocycles. The first-order valence-corrected chi connectivity index (χ1v) is 6.68. The van der Waals surface area contributed by atoms with E-state index in [1.54, 1.807) is 14.0 Å². The van der Waals surface area contributed by atoms with E-state index in [9.17, 15) is 4.79 Å². The molecule has 2 N–H and O–H groups in total. The maximum atomic E-state index is 10.9. The van der Waals surface area contributed by atoms with E-state index in [-0.39, 0.29) is 23.3 Å². The van der Waals surface area contributed by atoms with Gasteiger partial charge in [-0.15, -0.1) is 11.3 Å². The first-order chi connectivity index (χ1) is 8.36. The second-order valence-corrected chi connectivity index (χ2v) is 6.41. The van der Waals surface area contributed by atoms with Crippen molar-refractivity contribution in [3.8, 4) is 0 Å². The van der Waals surface area contributed by atoms with Crippen LogP contribution in [0.2, 0.25) is 0 Å². The molecule has 2 atom stereocenters. The largest absolute Gasteiger partial charge is 0.476 e. The minimum absolute atomic E-state index is 0.0394. The minimum atomic E-state index is -0.973. The Hall–Kier alpha value is -1.14. The third-order valence-corrected chi connectivity index (χ3v) is 4.66. The van der Waals surface area contributed by atoms with Crippen molar-refractivity contribution in [3.05, 3.63) is 10.6 Å². The van der Waals surface area contributed by atoms with Gasteiger partial charge >= 0.3 is 5.97 Å². The molecular weight excluding hydrogens is 252 g/mol. The number of hydrogen-bond acceptors (Lipinski definition) is 5. The van der Waals surface area contributed by atoms with Gasteiger partial charge < -0.3 is 15.2 Å². The molecule has 1 fully saturated rings. The summed E-state index contributed by atoms with van der Waals surface area (Å²) in [5.41, 5.74) is 0.181. The van der Waals surface area contributed by atoms with Crippen LogP contribution in [-0.2, 0) is 4.74 Å². The number of aromatic nitrogens is 1. The van der Waals surface area contributed by atoms with E-state index in [1.807, 2.05) is 0 Å². The fraction of sp³-hybridized carbons (Fsp3) is 0.667. The predicted molar refractivity (Wildman–Crippen MR) is 70.4 cm³/mol. The highest BCUT2D eigenvalue weighted by Crippen LogP contribution is 2.44. The van der Waals surface area contributed by atoms with Gasteiger partial charge in [0.25, 0.3) is 0 Å². The van der Waals surface area contributed by atoms with Crippen molar-refractivity contribution in [2.75, 3.05) is 12.4 Å². The van der Waals surface area contributed by atoms with Crippen LogP contribution in [0.3, 0.4) is 0 Å². The average Bonchev–Trinajstić information content (AvgIpc) is 2.65. The highest BCUT2D eigenvalue weighted by Gasteiger charge is 2.48. The second kappa shape index (κ2) is 4.51. The number of hydrogen-bond donors (Lipinski definition) is 2. The summed E-state index contributed by atoms with van der Waals surface area (Å²) < 4.78 is 5.39. The van der Waals surface area contributed by atoms with Gasteiger partial charge in [0.1, 0.15) is 0 Å². The number of ether oxygens (including phenoxy) is 1. The highest BCUT2D eigenvalue weighted by molar-refractivity contribution is 7.15. The number of aryl methyl sites for hydroxylation is 1. The molecule has 2 rings (SSSR count). The summed E-state index contributed by atoms with van der Waals surface area (Å²) in [7, 11) is 1.72. The molecule has 0 radical (unpaired) electrons. The van der Waals surface area contributed by atoms with Crippen molar-refractivity contribution in [1.82, 2.24) is 4.98 Å². The summed E-state index contributed by atoms with van der Waals surface area (Å²) in [5, 5.41) is 13.0. The normalized spacial score (nSPS) is 25.6. The summed E-state index contributed by atoms with van der Waals surface area (Å²) in [6.45, 7) is 6.05. The Kier molecular flexibility index (Phi) is 3.33. The van der Waals surface area contributed by atoms with E-state index in [0.29, 0.717) is 5.13 Å². The summed E-state index contributed by atoms with van der Waals surface area (Å²) in [6.07, 6.45) is 1.17. The maximum absolute atomic E-state index is 10.9. The van der Waals surface area contributed by atoms with Gasteiger partial charge in [-0.05, 0) is 13.3 Å². The predicted octanol–water partition coefficient (Wildman–Crippen LogP) is 2.38. The Morgan fingerprint density at radius 3 is 2.72 bits per heavy atom. The molecule has 100 valence electrons. The molecule has 1 heterocycles. The first-order valence-electron chi connectivity index (χ1n) is 5.86. The van der Waals surface area contributed by atoms with Crippen LogP contribution in [0.15, 0.2) is 0 Å². The van der Waals surface area contributed by atoms with Crippen LogP contribution in [-0.4, -0.2) is 35.3 Å². The minimum Gasteiger partial charge on any atom is -0.476 e. The number of methoxy groups -OCH3 is 1. The number of nitrogens with zero attached hydrogens (tertiary/aromatic N) is 1. The number of thiazole rings is 1. The zero-order valence-electron chi connectivity index (χ0n) is 11.0. The van der Waals surface area contributed by atoms with Gasteiger partial charge in [-0.1, -0.05) is 13.8 Å². The molecule has 1 aliphatic carbocycles. The lowest BCUT2D eigenvalue weighted by Crippen LogP contribution is -2.57. The van der Waals surface area contributed by atoms with Crippen molar-refractivity contribution >= 4 is 22.4 Å². The Morgan fingerprint density at radius 1 is 1.61 bits per heavy atom. The van der Waals surface area contributed by atoms with Gasteiger partial charge in [0.15, 0.2) is 10.8 Å². The summed E-state index contributed by atoms with van der Waals surface area (Å²) in [6, 6.07) is 0.273. The molecule has 1 aliphatic rings.